The van der Waals surface area contributed by atoms with Gasteiger partial charge in [-0.3, -0.25) is 4.79 Å². The van der Waals surface area contributed by atoms with Gasteiger partial charge < -0.3 is 5.32 Å². The Bertz CT molecular complexity index is 535. The van der Waals surface area contributed by atoms with Crippen molar-refractivity contribution in [3.63, 3.8) is 0 Å². The summed E-state index contributed by atoms with van der Waals surface area (Å²) in [6.07, 6.45) is 8.10. The van der Waals surface area contributed by atoms with Crippen molar-refractivity contribution in [2.24, 2.45) is 5.92 Å². The van der Waals surface area contributed by atoms with Crippen LogP contribution in [0.4, 0.5) is 4.39 Å². The maximum absolute atomic E-state index is 13.0. The van der Waals surface area contributed by atoms with E-state index >= 15 is 0 Å². The molecule has 2 atom stereocenters. The molecule has 0 bridgehead atoms. The minimum absolute atomic E-state index is 0.161. The van der Waals surface area contributed by atoms with Gasteiger partial charge in [-0.05, 0) is 55.2 Å². The molecule has 0 spiro atoms. The van der Waals surface area contributed by atoms with Crippen molar-refractivity contribution < 1.29 is 9.18 Å². The fourth-order valence-electron chi connectivity index (χ4n) is 3.53. The molecule has 21 heavy (non-hydrogen) atoms. The molecule has 1 aromatic rings. The van der Waals surface area contributed by atoms with Gasteiger partial charge >= 0.3 is 0 Å². The summed E-state index contributed by atoms with van der Waals surface area (Å²) >= 11 is 0. The monoisotopic (exact) mass is 287 g/mol. The summed E-state index contributed by atoms with van der Waals surface area (Å²) in [5, 5.41) is 3.44. The molecule has 2 nitrogen and oxygen atoms in total. The van der Waals surface area contributed by atoms with E-state index in [-0.39, 0.29) is 11.6 Å². The highest BCUT2D eigenvalue weighted by molar-refractivity contribution is 5.92. The van der Waals surface area contributed by atoms with Crippen molar-refractivity contribution in [1.82, 2.24) is 5.32 Å². The molecule has 3 rings (SSSR count). The molecule has 0 heterocycles. The zero-order chi connectivity index (χ0) is 14.7. The Morgan fingerprint density at radius 1 is 1.14 bits per heavy atom. The predicted molar refractivity (Wildman–Crippen MR) is 81.4 cm³/mol. The largest absolute Gasteiger partial charge is 0.388 e. The van der Waals surface area contributed by atoms with Gasteiger partial charge in [-0.2, -0.15) is 0 Å². The van der Waals surface area contributed by atoms with Crippen LogP contribution in [0.15, 0.2) is 36.0 Å². The summed E-state index contributed by atoms with van der Waals surface area (Å²) in [5.41, 5.74) is 2.36. The van der Waals surface area contributed by atoms with Crippen molar-refractivity contribution in [3.05, 3.63) is 47.4 Å². The molecule has 0 aromatic heterocycles. The zero-order valence-corrected chi connectivity index (χ0v) is 12.3. The number of rotatable bonds is 4. The molecular weight excluding hydrogens is 265 g/mol. The minimum Gasteiger partial charge on any atom is -0.388 e. The highest BCUT2D eigenvalue weighted by Gasteiger charge is 2.23. The van der Waals surface area contributed by atoms with Crippen LogP contribution < -0.4 is 5.32 Å². The minimum atomic E-state index is -0.161. The number of allylic oxidation sites excluding steroid dienone is 2. The molecule has 1 aromatic carbocycles. The Kier molecular flexibility index (Phi) is 4.37. The quantitative estimate of drug-likeness (QED) is 0.909. The molecule has 112 valence electrons. The van der Waals surface area contributed by atoms with E-state index in [0.29, 0.717) is 18.3 Å². The molecule has 2 aliphatic carbocycles. The number of benzene rings is 1. The summed E-state index contributed by atoms with van der Waals surface area (Å²) in [7, 11) is 0. The van der Waals surface area contributed by atoms with E-state index in [1.807, 2.05) is 12.1 Å². The van der Waals surface area contributed by atoms with Crippen molar-refractivity contribution in [2.45, 2.75) is 44.4 Å². The lowest BCUT2D eigenvalue weighted by Gasteiger charge is -2.30. The first-order chi connectivity index (χ1) is 10.2. The maximum atomic E-state index is 13.0. The second-order valence-electron chi connectivity index (χ2n) is 6.30. The first kappa shape index (κ1) is 14.3. The van der Waals surface area contributed by atoms with E-state index in [2.05, 4.69) is 5.32 Å². The number of halogens is 1. The number of hydrogen-bond acceptors (Lipinski definition) is 2. The summed E-state index contributed by atoms with van der Waals surface area (Å²) < 4.78 is 13.0. The molecule has 0 radical (unpaired) electrons. The second-order valence-corrected chi connectivity index (χ2v) is 6.30. The Morgan fingerprint density at radius 3 is 2.67 bits per heavy atom. The maximum Gasteiger partial charge on any atom is 0.157 e. The second kappa shape index (κ2) is 6.42. The molecule has 2 aliphatic rings. The van der Waals surface area contributed by atoms with Crippen LogP contribution in [0.2, 0.25) is 0 Å². The third kappa shape index (κ3) is 3.72. The Hall–Kier alpha value is -1.64. The molecule has 0 saturated heterocycles. The van der Waals surface area contributed by atoms with Crippen molar-refractivity contribution >= 4 is 5.78 Å². The average Bonchev–Trinajstić information content (AvgIpc) is 2.92. The van der Waals surface area contributed by atoms with Crippen LogP contribution in [0.5, 0.6) is 0 Å². The summed E-state index contributed by atoms with van der Waals surface area (Å²) in [4.78, 5) is 11.2. The van der Waals surface area contributed by atoms with Gasteiger partial charge in [-0.1, -0.05) is 18.6 Å². The fourth-order valence-corrected chi connectivity index (χ4v) is 3.53. The van der Waals surface area contributed by atoms with Crippen LogP contribution >= 0.6 is 0 Å². The Balaban J connectivity index is 1.54. The molecule has 0 unspecified atom stereocenters. The number of carbonyl (C=O) groups is 1. The van der Waals surface area contributed by atoms with Gasteiger partial charge in [0.1, 0.15) is 5.82 Å². The van der Waals surface area contributed by atoms with Crippen molar-refractivity contribution in [2.75, 3.05) is 6.54 Å². The third-order valence-electron chi connectivity index (χ3n) is 4.72. The Labute approximate surface area is 125 Å². The number of ketones is 1. The van der Waals surface area contributed by atoms with Gasteiger partial charge in [0, 0.05) is 24.7 Å². The van der Waals surface area contributed by atoms with Crippen molar-refractivity contribution in [3.8, 4) is 0 Å². The molecule has 3 heteroatoms. The molecule has 1 fully saturated rings. The van der Waals surface area contributed by atoms with Gasteiger partial charge in [0.2, 0.25) is 0 Å². The van der Waals surface area contributed by atoms with Crippen LogP contribution in [0.1, 0.15) is 50.0 Å². The van der Waals surface area contributed by atoms with Crippen LogP contribution in [0, 0.1) is 11.7 Å². The van der Waals surface area contributed by atoms with E-state index in [1.54, 1.807) is 18.2 Å². The SMILES string of the molecule is O=C1C=C(NC[C@H]2CCC[C@@H](c3ccc(F)cc3)C2)CC1. The highest BCUT2D eigenvalue weighted by atomic mass is 19.1. The van der Waals surface area contributed by atoms with E-state index in [4.69, 9.17) is 0 Å². The first-order valence-electron chi connectivity index (χ1n) is 7.93. The van der Waals surface area contributed by atoms with Crippen LogP contribution in [0.25, 0.3) is 0 Å². The van der Waals surface area contributed by atoms with Crippen LogP contribution in [-0.4, -0.2) is 12.3 Å². The highest BCUT2D eigenvalue weighted by Crippen LogP contribution is 2.36. The first-order valence-corrected chi connectivity index (χ1v) is 7.93. The summed E-state index contributed by atoms with van der Waals surface area (Å²) in [6, 6.07) is 6.97. The number of nitrogens with one attached hydrogen (secondary N) is 1. The van der Waals surface area contributed by atoms with Gasteiger partial charge in [-0.15, -0.1) is 0 Å². The molecule has 0 amide bonds. The standard InChI is InChI=1S/C18H22FNO/c19-16-6-4-14(5-7-16)15-3-1-2-13(10-15)12-20-17-8-9-18(21)11-17/h4-7,11,13,15,20H,1-3,8-10,12H2/t13-,15+/m0/s1. The summed E-state index contributed by atoms with van der Waals surface area (Å²) in [5.74, 6) is 1.27. The average molecular weight is 287 g/mol. The van der Waals surface area contributed by atoms with Crippen LogP contribution in [-0.2, 0) is 4.79 Å². The fraction of sp³-hybridized carbons (Fsp3) is 0.500. The van der Waals surface area contributed by atoms with E-state index in [9.17, 15) is 9.18 Å². The third-order valence-corrected chi connectivity index (χ3v) is 4.72. The van der Waals surface area contributed by atoms with Gasteiger partial charge in [0.05, 0.1) is 0 Å². The number of carbonyl (C=O) groups excluding carboxylic acids is 1. The molecule has 1 saturated carbocycles. The van der Waals surface area contributed by atoms with E-state index in [0.717, 1.165) is 25.1 Å². The lowest BCUT2D eigenvalue weighted by atomic mass is 9.78. The predicted octanol–water partition coefficient (Wildman–Crippen LogP) is 3.94. The topological polar surface area (TPSA) is 29.1 Å². The normalized spacial score (nSPS) is 25.8. The van der Waals surface area contributed by atoms with Gasteiger partial charge in [-0.25, -0.2) is 4.39 Å². The molecule has 0 aliphatic heterocycles. The molecular formula is C18H22FNO. The smallest absolute Gasteiger partial charge is 0.157 e. The lowest BCUT2D eigenvalue weighted by Crippen LogP contribution is -2.26. The van der Waals surface area contributed by atoms with Crippen molar-refractivity contribution in [1.29, 1.82) is 0 Å². The van der Waals surface area contributed by atoms with E-state index in [1.165, 1.54) is 24.8 Å². The lowest BCUT2D eigenvalue weighted by molar-refractivity contribution is -0.114. The molecule has 1 N–H and O–H groups in total. The number of hydrogen-bond donors (Lipinski definition) is 1. The van der Waals surface area contributed by atoms with Gasteiger partial charge in [0.25, 0.3) is 0 Å². The summed E-state index contributed by atoms with van der Waals surface area (Å²) in [6.45, 7) is 0.955. The van der Waals surface area contributed by atoms with Gasteiger partial charge in [0.15, 0.2) is 5.78 Å². The van der Waals surface area contributed by atoms with E-state index < -0.39 is 0 Å². The van der Waals surface area contributed by atoms with Crippen LogP contribution in [0.3, 0.4) is 0 Å². The Morgan fingerprint density at radius 2 is 1.95 bits per heavy atom. The zero-order valence-electron chi connectivity index (χ0n) is 12.3.